The largest absolute Gasteiger partial charge is 0.493 e. The van der Waals surface area contributed by atoms with Gasteiger partial charge in [0.2, 0.25) is 5.95 Å². The molecule has 0 aliphatic carbocycles. The Morgan fingerprint density at radius 1 is 1.15 bits per heavy atom. The molecule has 0 radical (unpaired) electrons. The van der Waals surface area contributed by atoms with E-state index in [1.807, 2.05) is 18.9 Å². The van der Waals surface area contributed by atoms with Gasteiger partial charge in [-0.05, 0) is 24.5 Å². The molecule has 142 valence electrons. The lowest BCUT2D eigenvalue weighted by molar-refractivity contribution is 0.354. The molecular weight excluding hydrogens is 342 g/mol. The molecule has 6 nitrogen and oxygen atoms in total. The number of fused-ring (bicyclic) bond motifs is 1. The smallest absolute Gasteiger partial charge is 0.260 e. The average molecular weight is 367 g/mol. The fourth-order valence-corrected chi connectivity index (χ4v) is 3.32. The number of aryl methyl sites for hydroxylation is 2. The van der Waals surface area contributed by atoms with E-state index < -0.39 is 0 Å². The molecule has 0 unspecified atom stereocenters. The zero-order valence-electron chi connectivity index (χ0n) is 16.4. The highest BCUT2D eigenvalue weighted by Crippen LogP contribution is 2.35. The van der Waals surface area contributed by atoms with Gasteiger partial charge in [0.25, 0.3) is 5.56 Å². The minimum Gasteiger partial charge on any atom is -0.493 e. The first-order valence-electron chi connectivity index (χ1n) is 8.93. The van der Waals surface area contributed by atoms with Gasteiger partial charge in [-0.25, -0.2) is 4.98 Å². The van der Waals surface area contributed by atoms with E-state index in [1.54, 1.807) is 20.3 Å². The molecule has 0 aliphatic rings. The van der Waals surface area contributed by atoms with E-state index in [1.165, 1.54) is 11.1 Å². The van der Waals surface area contributed by atoms with Crippen LogP contribution in [0.2, 0.25) is 0 Å². The van der Waals surface area contributed by atoms with Crippen LogP contribution in [0.1, 0.15) is 23.6 Å². The van der Waals surface area contributed by atoms with Crippen LogP contribution < -0.4 is 19.9 Å². The maximum Gasteiger partial charge on any atom is 0.260 e. The van der Waals surface area contributed by atoms with Gasteiger partial charge in [-0.3, -0.25) is 9.78 Å². The predicted molar refractivity (Wildman–Crippen MR) is 108 cm³/mol. The number of anilines is 1. The number of aromatic nitrogens is 2. The van der Waals surface area contributed by atoms with Crippen molar-refractivity contribution >= 4 is 16.9 Å². The van der Waals surface area contributed by atoms with Crippen LogP contribution in [0.25, 0.3) is 10.9 Å². The number of rotatable bonds is 6. The van der Waals surface area contributed by atoms with Crippen LogP contribution >= 0.6 is 0 Å². The van der Waals surface area contributed by atoms with Gasteiger partial charge in [0.15, 0.2) is 11.5 Å². The summed E-state index contributed by atoms with van der Waals surface area (Å²) >= 11 is 0. The minimum absolute atomic E-state index is 0.192. The fourth-order valence-electron chi connectivity index (χ4n) is 3.32. The van der Waals surface area contributed by atoms with Gasteiger partial charge >= 0.3 is 0 Å². The Hall–Kier alpha value is -3.02. The molecule has 2 aromatic carbocycles. The Morgan fingerprint density at radius 2 is 1.89 bits per heavy atom. The van der Waals surface area contributed by atoms with Crippen LogP contribution in [0, 0.1) is 6.92 Å². The summed E-state index contributed by atoms with van der Waals surface area (Å²) in [5.41, 5.74) is 3.56. The van der Waals surface area contributed by atoms with E-state index >= 15 is 0 Å². The zero-order chi connectivity index (χ0) is 19.6. The van der Waals surface area contributed by atoms with Gasteiger partial charge in [0.05, 0.1) is 25.1 Å². The van der Waals surface area contributed by atoms with Crippen molar-refractivity contribution < 1.29 is 9.47 Å². The third-order valence-electron chi connectivity index (χ3n) is 4.75. The molecule has 0 atom stereocenters. The second-order valence-corrected chi connectivity index (χ2v) is 6.55. The van der Waals surface area contributed by atoms with Crippen LogP contribution in [0.15, 0.2) is 35.1 Å². The Labute approximate surface area is 158 Å². The number of methoxy groups -OCH3 is 2. The third kappa shape index (κ3) is 3.60. The van der Waals surface area contributed by atoms with Crippen LogP contribution in [0.3, 0.4) is 0 Å². The van der Waals surface area contributed by atoms with E-state index in [9.17, 15) is 4.79 Å². The summed E-state index contributed by atoms with van der Waals surface area (Å²) in [6.07, 6.45) is 0.990. The van der Waals surface area contributed by atoms with Crippen molar-refractivity contribution in [3.63, 3.8) is 0 Å². The molecule has 1 heterocycles. The van der Waals surface area contributed by atoms with Crippen LogP contribution in [0.4, 0.5) is 5.95 Å². The van der Waals surface area contributed by atoms with Gasteiger partial charge in [-0.1, -0.05) is 31.2 Å². The summed E-state index contributed by atoms with van der Waals surface area (Å²) in [6.45, 7) is 4.62. The lowest BCUT2D eigenvalue weighted by atomic mass is 10.1. The maximum atomic E-state index is 12.7. The Morgan fingerprint density at radius 3 is 2.56 bits per heavy atom. The monoisotopic (exact) mass is 367 g/mol. The highest BCUT2D eigenvalue weighted by atomic mass is 16.5. The quantitative estimate of drug-likeness (QED) is 0.723. The number of H-pyrrole nitrogens is 1. The molecule has 3 rings (SSSR count). The van der Waals surface area contributed by atoms with Gasteiger partial charge < -0.3 is 14.4 Å². The lowest BCUT2D eigenvalue weighted by Crippen LogP contribution is -2.23. The second-order valence-electron chi connectivity index (χ2n) is 6.55. The molecule has 1 N–H and O–H groups in total. The first kappa shape index (κ1) is 18.8. The van der Waals surface area contributed by atoms with Crippen molar-refractivity contribution in [3.8, 4) is 11.5 Å². The fraction of sp³-hybridized carbons (Fsp3) is 0.333. The summed E-state index contributed by atoms with van der Waals surface area (Å²) in [6, 6.07) is 10.2. The molecule has 1 aromatic heterocycles. The molecule has 3 aromatic rings. The third-order valence-corrected chi connectivity index (χ3v) is 4.75. The number of ether oxygens (including phenoxy) is 2. The first-order valence-corrected chi connectivity index (χ1v) is 8.93. The van der Waals surface area contributed by atoms with E-state index in [0.29, 0.717) is 40.5 Å². The molecule has 0 amide bonds. The van der Waals surface area contributed by atoms with E-state index in [0.717, 1.165) is 6.42 Å². The van der Waals surface area contributed by atoms with Gasteiger partial charge in [0.1, 0.15) is 0 Å². The van der Waals surface area contributed by atoms with Crippen molar-refractivity contribution in [1.82, 2.24) is 9.97 Å². The number of nitrogens with one attached hydrogen (secondary N) is 1. The summed E-state index contributed by atoms with van der Waals surface area (Å²) in [7, 11) is 5.05. The minimum atomic E-state index is -0.192. The molecular formula is C21H25N3O3. The van der Waals surface area contributed by atoms with E-state index in [2.05, 4.69) is 41.2 Å². The van der Waals surface area contributed by atoms with E-state index in [-0.39, 0.29) is 5.56 Å². The van der Waals surface area contributed by atoms with Crippen LogP contribution in [0.5, 0.6) is 11.5 Å². The molecule has 0 aliphatic heterocycles. The maximum absolute atomic E-state index is 12.7. The van der Waals surface area contributed by atoms with Crippen molar-refractivity contribution in [1.29, 1.82) is 0 Å². The van der Waals surface area contributed by atoms with Crippen LogP contribution in [-0.4, -0.2) is 31.2 Å². The molecule has 0 saturated carbocycles. The molecule has 0 bridgehead atoms. The molecule has 27 heavy (non-hydrogen) atoms. The zero-order valence-corrected chi connectivity index (χ0v) is 16.4. The van der Waals surface area contributed by atoms with Crippen LogP contribution in [-0.2, 0) is 13.0 Å². The Bertz CT molecular complexity index is 1030. The van der Waals surface area contributed by atoms with Gasteiger partial charge in [-0.15, -0.1) is 0 Å². The molecule has 0 spiro atoms. The summed E-state index contributed by atoms with van der Waals surface area (Å²) in [4.78, 5) is 22.2. The molecule has 6 heteroatoms. The highest BCUT2D eigenvalue weighted by molar-refractivity contribution is 5.86. The van der Waals surface area contributed by atoms with Gasteiger partial charge in [-0.2, -0.15) is 0 Å². The number of hydrogen-bond acceptors (Lipinski definition) is 5. The van der Waals surface area contributed by atoms with Crippen molar-refractivity contribution in [2.24, 2.45) is 0 Å². The SMILES string of the molecule is CCc1cccc(CN(C)c2nc3cc(OC)c(OC)c(C)c3c(=O)[nH]2)c1. The highest BCUT2D eigenvalue weighted by Gasteiger charge is 2.17. The predicted octanol–water partition coefficient (Wildman–Crippen LogP) is 3.45. The second kappa shape index (κ2) is 7.70. The Kier molecular flexibility index (Phi) is 5.35. The van der Waals surface area contributed by atoms with Crippen molar-refractivity contribution in [2.75, 3.05) is 26.2 Å². The summed E-state index contributed by atoms with van der Waals surface area (Å²) in [5.74, 6) is 1.63. The first-order chi connectivity index (χ1) is 13.0. The normalized spacial score (nSPS) is 10.9. The van der Waals surface area contributed by atoms with Gasteiger partial charge in [0, 0.05) is 25.2 Å². The number of benzene rings is 2. The van der Waals surface area contributed by atoms with Crippen molar-refractivity contribution in [3.05, 3.63) is 57.4 Å². The summed E-state index contributed by atoms with van der Waals surface area (Å²) < 4.78 is 10.8. The average Bonchev–Trinajstić information content (AvgIpc) is 2.67. The van der Waals surface area contributed by atoms with E-state index in [4.69, 9.17) is 9.47 Å². The number of aromatic amines is 1. The number of hydrogen-bond donors (Lipinski definition) is 1. The Balaban J connectivity index is 2.03. The summed E-state index contributed by atoms with van der Waals surface area (Å²) in [5, 5.41) is 0.512. The number of nitrogens with zero attached hydrogens (tertiary/aromatic N) is 2. The van der Waals surface area contributed by atoms with Crippen molar-refractivity contribution in [2.45, 2.75) is 26.8 Å². The molecule has 0 fully saturated rings. The molecule has 0 saturated heterocycles. The topological polar surface area (TPSA) is 67.5 Å². The lowest BCUT2D eigenvalue weighted by Gasteiger charge is -2.19. The standard InChI is InChI=1S/C21H25N3O3/c1-6-14-8-7-9-15(10-14)12-24(3)21-22-16-11-17(26-4)19(27-5)13(2)18(16)20(25)23-21/h7-11H,6,12H2,1-5H3,(H,22,23,25).